The first-order chi connectivity index (χ1) is 13.5. The van der Waals surface area contributed by atoms with Gasteiger partial charge in [-0.15, -0.1) is 0 Å². The molecule has 0 spiro atoms. The summed E-state index contributed by atoms with van der Waals surface area (Å²) in [6.45, 7) is 0.848. The standard InChI is InChI=1S/C20H22N2O5S/c1-26-16-9-7-15(8-10-16)11-22-18-12-21(13-19(18)27-14-20(22)23)28(24,25)17-5-3-2-4-6-17/h2-10,18-19H,11-14H2,1H3. The molecule has 2 saturated heterocycles. The third kappa shape index (κ3) is 3.50. The van der Waals surface area contributed by atoms with Crippen LogP contribution in [0.4, 0.5) is 0 Å². The van der Waals surface area contributed by atoms with Gasteiger partial charge in [0.1, 0.15) is 12.4 Å². The molecule has 2 aromatic carbocycles. The first-order valence-electron chi connectivity index (χ1n) is 9.08. The zero-order valence-electron chi connectivity index (χ0n) is 15.5. The monoisotopic (exact) mass is 402 g/mol. The number of ether oxygens (including phenoxy) is 2. The number of benzene rings is 2. The van der Waals surface area contributed by atoms with Crippen LogP contribution in [0, 0.1) is 0 Å². The highest BCUT2D eigenvalue weighted by Crippen LogP contribution is 2.29. The predicted molar refractivity (Wildman–Crippen MR) is 102 cm³/mol. The van der Waals surface area contributed by atoms with Crippen molar-refractivity contribution >= 4 is 15.9 Å². The van der Waals surface area contributed by atoms with E-state index >= 15 is 0 Å². The van der Waals surface area contributed by atoms with Gasteiger partial charge in [0.25, 0.3) is 0 Å². The molecule has 4 rings (SSSR count). The number of methoxy groups -OCH3 is 1. The molecule has 0 aliphatic carbocycles. The molecule has 2 heterocycles. The van der Waals surface area contributed by atoms with Crippen molar-refractivity contribution in [1.82, 2.24) is 9.21 Å². The quantitative estimate of drug-likeness (QED) is 0.758. The Bertz CT molecular complexity index is 946. The summed E-state index contributed by atoms with van der Waals surface area (Å²) in [5.74, 6) is 0.618. The molecule has 148 valence electrons. The summed E-state index contributed by atoms with van der Waals surface area (Å²) in [7, 11) is -2.02. The van der Waals surface area contributed by atoms with Crippen LogP contribution in [-0.4, -0.2) is 62.5 Å². The maximum atomic E-state index is 12.9. The van der Waals surface area contributed by atoms with Crippen LogP contribution in [-0.2, 0) is 26.1 Å². The molecule has 0 aromatic heterocycles. The summed E-state index contributed by atoms with van der Waals surface area (Å²) in [5, 5.41) is 0. The first kappa shape index (κ1) is 18.9. The molecule has 28 heavy (non-hydrogen) atoms. The van der Waals surface area contributed by atoms with E-state index in [4.69, 9.17) is 9.47 Å². The van der Waals surface area contributed by atoms with Crippen molar-refractivity contribution in [2.24, 2.45) is 0 Å². The van der Waals surface area contributed by atoms with Gasteiger partial charge in [-0.2, -0.15) is 4.31 Å². The Labute approximate surface area is 164 Å². The SMILES string of the molecule is COc1ccc(CN2C(=O)COC3CN(S(=O)(=O)c4ccccc4)CC32)cc1. The Morgan fingerprint density at radius 1 is 1.07 bits per heavy atom. The van der Waals surface area contributed by atoms with Crippen LogP contribution in [0.3, 0.4) is 0 Å². The normalized spacial score (nSPS) is 22.9. The predicted octanol–water partition coefficient (Wildman–Crippen LogP) is 1.50. The van der Waals surface area contributed by atoms with Crippen LogP contribution < -0.4 is 4.74 Å². The lowest BCUT2D eigenvalue weighted by molar-refractivity contribution is -0.153. The largest absolute Gasteiger partial charge is 0.497 e. The zero-order chi connectivity index (χ0) is 19.7. The van der Waals surface area contributed by atoms with Crippen molar-refractivity contribution in [3.8, 4) is 5.75 Å². The fraction of sp³-hybridized carbons (Fsp3) is 0.350. The number of rotatable bonds is 5. The number of hydrogen-bond donors (Lipinski definition) is 0. The fourth-order valence-corrected chi connectivity index (χ4v) is 5.19. The molecule has 2 atom stereocenters. The molecule has 0 N–H and O–H groups in total. The molecule has 0 bridgehead atoms. The number of fused-ring (bicyclic) bond motifs is 1. The minimum Gasteiger partial charge on any atom is -0.497 e. The second-order valence-electron chi connectivity index (χ2n) is 6.92. The topological polar surface area (TPSA) is 76.2 Å². The lowest BCUT2D eigenvalue weighted by Crippen LogP contribution is -2.53. The molecule has 0 saturated carbocycles. The lowest BCUT2D eigenvalue weighted by atomic mass is 10.1. The summed E-state index contributed by atoms with van der Waals surface area (Å²) < 4.78 is 38.1. The van der Waals surface area contributed by atoms with Crippen molar-refractivity contribution in [2.75, 3.05) is 26.8 Å². The van der Waals surface area contributed by atoms with Crippen molar-refractivity contribution in [1.29, 1.82) is 0 Å². The summed E-state index contributed by atoms with van der Waals surface area (Å²) >= 11 is 0. The van der Waals surface area contributed by atoms with Crippen molar-refractivity contribution in [2.45, 2.75) is 23.6 Å². The molecule has 0 radical (unpaired) electrons. The Kier molecular flexibility index (Phi) is 5.09. The molecule has 2 aliphatic heterocycles. The van der Waals surface area contributed by atoms with Gasteiger partial charge >= 0.3 is 0 Å². The second-order valence-corrected chi connectivity index (χ2v) is 8.86. The van der Waals surface area contributed by atoms with E-state index < -0.39 is 10.0 Å². The summed E-state index contributed by atoms with van der Waals surface area (Å²) in [6, 6.07) is 15.5. The molecule has 2 aliphatic rings. The smallest absolute Gasteiger partial charge is 0.249 e. The number of carbonyl (C=O) groups is 1. The van der Waals surface area contributed by atoms with Crippen molar-refractivity contribution in [3.63, 3.8) is 0 Å². The van der Waals surface area contributed by atoms with E-state index in [2.05, 4.69) is 0 Å². The Hall–Kier alpha value is -2.42. The van der Waals surface area contributed by atoms with Gasteiger partial charge in [0, 0.05) is 19.6 Å². The van der Waals surface area contributed by atoms with Crippen LogP contribution in [0.15, 0.2) is 59.5 Å². The van der Waals surface area contributed by atoms with Gasteiger partial charge in [0.15, 0.2) is 0 Å². The maximum Gasteiger partial charge on any atom is 0.249 e. The zero-order valence-corrected chi connectivity index (χ0v) is 16.3. The van der Waals surface area contributed by atoms with E-state index in [0.29, 0.717) is 6.54 Å². The number of nitrogens with zero attached hydrogens (tertiary/aromatic N) is 2. The molecular weight excluding hydrogens is 380 g/mol. The van der Waals surface area contributed by atoms with Gasteiger partial charge < -0.3 is 14.4 Å². The summed E-state index contributed by atoms with van der Waals surface area (Å²) in [4.78, 5) is 14.5. The van der Waals surface area contributed by atoms with Gasteiger partial charge in [-0.3, -0.25) is 4.79 Å². The van der Waals surface area contributed by atoms with Crippen molar-refractivity contribution in [3.05, 3.63) is 60.2 Å². The number of morpholine rings is 1. The lowest BCUT2D eigenvalue weighted by Gasteiger charge is -2.36. The van der Waals surface area contributed by atoms with Crippen molar-refractivity contribution < 1.29 is 22.7 Å². The van der Waals surface area contributed by atoms with E-state index in [-0.39, 0.29) is 42.6 Å². The molecule has 2 aromatic rings. The van der Waals surface area contributed by atoms with Crippen LogP contribution in [0.2, 0.25) is 0 Å². The van der Waals surface area contributed by atoms with Crippen LogP contribution in [0.1, 0.15) is 5.56 Å². The van der Waals surface area contributed by atoms with Crippen LogP contribution >= 0.6 is 0 Å². The Morgan fingerprint density at radius 3 is 2.46 bits per heavy atom. The fourth-order valence-electron chi connectivity index (χ4n) is 3.70. The van der Waals surface area contributed by atoms with Gasteiger partial charge in [0.05, 0.1) is 24.2 Å². The Balaban J connectivity index is 1.54. The van der Waals surface area contributed by atoms with E-state index in [9.17, 15) is 13.2 Å². The van der Waals surface area contributed by atoms with E-state index in [1.54, 1.807) is 42.3 Å². The van der Waals surface area contributed by atoms with Gasteiger partial charge in [-0.25, -0.2) is 8.42 Å². The summed E-state index contributed by atoms with van der Waals surface area (Å²) in [6.07, 6.45) is -0.325. The highest BCUT2D eigenvalue weighted by molar-refractivity contribution is 7.89. The molecule has 7 nitrogen and oxygen atoms in total. The minimum atomic E-state index is -3.62. The molecule has 1 amide bonds. The Morgan fingerprint density at radius 2 is 1.79 bits per heavy atom. The summed E-state index contributed by atoms with van der Waals surface area (Å²) in [5.41, 5.74) is 0.958. The third-order valence-electron chi connectivity index (χ3n) is 5.24. The van der Waals surface area contributed by atoms with E-state index in [1.807, 2.05) is 24.3 Å². The third-order valence-corrected chi connectivity index (χ3v) is 7.08. The molecule has 2 fully saturated rings. The van der Waals surface area contributed by atoms with Crippen LogP contribution in [0.5, 0.6) is 5.75 Å². The number of carbonyl (C=O) groups excluding carboxylic acids is 1. The maximum absolute atomic E-state index is 12.9. The second kappa shape index (κ2) is 7.54. The molecule has 2 unspecified atom stereocenters. The van der Waals surface area contributed by atoms with E-state index in [0.717, 1.165) is 11.3 Å². The highest BCUT2D eigenvalue weighted by atomic mass is 32.2. The average Bonchev–Trinajstić information content (AvgIpc) is 3.17. The van der Waals surface area contributed by atoms with Gasteiger partial charge in [0.2, 0.25) is 15.9 Å². The van der Waals surface area contributed by atoms with Gasteiger partial charge in [-0.05, 0) is 29.8 Å². The first-order valence-corrected chi connectivity index (χ1v) is 10.5. The number of amides is 1. The van der Waals surface area contributed by atoms with E-state index in [1.165, 1.54) is 4.31 Å². The van der Waals surface area contributed by atoms with Crippen LogP contribution in [0.25, 0.3) is 0 Å². The number of sulfonamides is 1. The minimum absolute atomic E-state index is 0.0312. The highest BCUT2D eigenvalue weighted by Gasteiger charge is 2.46. The molecular formula is C20H22N2O5S. The molecule has 8 heteroatoms. The number of hydrogen-bond acceptors (Lipinski definition) is 5. The average molecular weight is 402 g/mol. The van der Waals surface area contributed by atoms with Gasteiger partial charge in [-0.1, -0.05) is 30.3 Å².